The molecule has 3 aliphatic heterocycles. The number of nitrogens with zero attached hydrogens (tertiary/aromatic N) is 6. The number of rotatable bonds is 5. The first-order chi connectivity index (χ1) is 20.4. The molecule has 0 N–H and O–H groups in total. The SMILES string of the molecule is C=CC(=O)N1CCN(c2c(C#N)c([C@@H]3CCCN3C)nc3c2C(OC)CN(c2cccc4cccc(C)c24)C3)C[C@H]1C. The van der Waals surface area contributed by atoms with E-state index in [0.29, 0.717) is 38.3 Å². The quantitative estimate of drug-likeness (QED) is 0.399. The van der Waals surface area contributed by atoms with Crippen molar-refractivity contribution in [2.75, 3.05) is 56.7 Å². The van der Waals surface area contributed by atoms with Crippen LogP contribution >= 0.6 is 0 Å². The summed E-state index contributed by atoms with van der Waals surface area (Å²) in [6, 6.07) is 15.6. The van der Waals surface area contributed by atoms with E-state index in [1.807, 2.05) is 4.90 Å². The van der Waals surface area contributed by atoms with E-state index in [9.17, 15) is 10.1 Å². The molecular weight excluding hydrogens is 524 g/mol. The number of ether oxygens (including phenoxy) is 1. The van der Waals surface area contributed by atoms with Crippen molar-refractivity contribution in [2.45, 2.75) is 51.4 Å². The Hall–Kier alpha value is -3.93. The molecule has 0 aliphatic carbocycles. The van der Waals surface area contributed by atoms with Crippen LogP contribution in [0.15, 0.2) is 49.1 Å². The predicted molar refractivity (Wildman–Crippen MR) is 167 cm³/mol. The molecule has 2 aromatic carbocycles. The number of fused-ring (bicyclic) bond motifs is 2. The number of benzene rings is 2. The first kappa shape index (κ1) is 28.2. The second kappa shape index (κ2) is 11.4. The Labute approximate surface area is 248 Å². The van der Waals surface area contributed by atoms with E-state index in [0.717, 1.165) is 42.0 Å². The summed E-state index contributed by atoms with van der Waals surface area (Å²) in [6.07, 6.45) is 3.19. The summed E-state index contributed by atoms with van der Waals surface area (Å²) in [5, 5.41) is 13.2. The normalized spacial score (nSPS) is 22.7. The van der Waals surface area contributed by atoms with Crippen LogP contribution in [0.3, 0.4) is 0 Å². The number of amides is 1. The van der Waals surface area contributed by atoms with E-state index in [1.54, 1.807) is 7.11 Å². The van der Waals surface area contributed by atoms with Crippen molar-refractivity contribution < 1.29 is 9.53 Å². The summed E-state index contributed by atoms with van der Waals surface area (Å²) in [6.45, 7) is 12.0. The summed E-state index contributed by atoms with van der Waals surface area (Å²) in [4.78, 5) is 26.7. The number of methoxy groups -OCH3 is 1. The van der Waals surface area contributed by atoms with Gasteiger partial charge in [0.2, 0.25) is 5.91 Å². The number of hydrogen-bond donors (Lipinski definition) is 0. The van der Waals surface area contributed by atoms with Crippen LogP contribution in [0.1, 0.15) is 60.0 Å². The second-order valence-electron chi connectivity index (χ2n) is 11.9. The van der Waals surface area contributed by atoms with E-state index >= 15 is 0 Å². The molecule has 8 nitrogen and oxygen atoms in total. The summed E-state index contributed by atoms with van der Waals surface area (Å²) in [7, 11) is 3.88. The van der Waals surface area contributed by atoms with Gasteiger partial charge in [0.25, 0.3) is 0 Å². The van der Waals surface area contributed by atoms with Gasteiger partial charge in [0.15, 0.2) is 0 Å². The first-order valence-corrected chi connectivity index (χ1v) is 15.0. The van der Waals surface area contributed by atoms with Crippen LogP contribution in [-0.2, 0) is 16.1 Å². The number of anilines is 2. The molecule has 1 amide bonds. The molecule has 6 rings (SSSR count). The second-order valence-corrected chi connectivity index (χ2v) is 11.9. The van der Waals surface area contributed by atoms with Crippen LogP contribution in [-0.4, -0.2) is 73.6 Å². The number of nitriles is 1. The van der Waals surface area contributed by atoms with Crippen LogP contribution < -0.4 is 9.80 Å². The fourth-order valence-electron chi connectivity index (χ4n) is 7.34. The molecule has 3 atom stereocenters. The Bertz CT molecular complexity index is 1570. The van der Waals surface area contributed by atoms with Crippen LogP contribution in [0.2, 0.25) is 0 Å². The van der Waals surface area contributed by atoms with E-state index < -0.39 is 0 Å². The van der Waals surface area contributed by atoms with Crippen LogP contribution in [0.25, 0.3) is 10.8 Å². The molecule has 2 saturated heterocycles. The van der Waals surface area contributed by atoms with Gasteiger partial charge in [0.05, 0.1) is 35.2 Å². The standard InChI is InChI=1S/C34H40N6O2/c1-6-30(41)40-17-16-38(19-23(40)3)34-25(18-35)33(28-14-9-15-37(28)4)36-26-20-39(21-29(42-5)32(26)34)27-13-8-12-24-11-7-10-22(2)31(24)27/h6-8,10-13,23,28-29H,1,9,14-17,19-21H2,2-5H3/t23-,28+,29?/m1/s1. The topological polar surface area (TPSA) is 75.9 Å². The molecule has 4 heterocycles. The van der Waals surface area contributed by atoms with Gasteiger partial charge in [-0.1, -0.05) is 36.9 Å². The molecule has 3 aliphatic rings. The lowest BCUT2D eigenvalue weighted by molar-refractivity contribution is -0.128. The maximum Gasteiger partial charge on any atom is 0.246 e. The highest BCUT2D eigenvalue weighted by atomic mass is 16.5. The Balaban J connectivity index is 1.50. The minimum Gasteiger partial charge on any atom is -0.375 e. The Morgan fingerprint density at radius 3 is 2.60 bits per heavy atom. The van der Waals surface area contributed by atoms with Gasteiger partial charge in [-0.3, -0.25) is 14.7 Å². The van der Waals surface area contributed by atoms with Crippen molar-refractivity contribution in [1.82, 2.24) is 14.8 Å². The van der Waals surface area contributed by atoms with Crippen molar-refractivity contribution >= 4 is 28.1 Å². The molecule has 0 bridgehead atoms. The molecule has 1 unspecified atom stereocenters. The fraction of sp³-hybridized carbons (Fsp3) is 0.441. The highest BCUT2D eigenvalue weighted by Gasteiger charge is 2.39. The minimum atomic E-state index is -0.263. The number of pyridine rings is 1. The van der Waals surface area contributed by atoms with Crippen molar-refractivity contribution in [2.24, 2.45) is 0 Å². The lowest BCUT2D eigenvalue weighted by Crippen LogP contribution is -2.54. The maximum absolute atomic E-state index is 12.5. The molecule has 3 aromatic rings. The van der Waals surface area contributed by atoms with E-state index in [1.165, 1.54) is 28.1 Å². The number of carbonyl (C=O) groups excluding carboxylic acids is 1. The van der Waals surface area contributed by atoms with Gasteiger partial charge < -0.3 is 19.4 Å². The average molecular weight is 565 g/mol. The number of carbonyl (C=O) groups is 1. The van der Waals surface area contributed by atoms with Gasteiger partial charge in [0.1, 0.15) is 12.2 Å². The fourth-order valence-corrected chi connectivity index (χ4v) is 7.34. The lowest BCUT2D eigenvalue weighted by Gasteiger charge is -2.44. The highest BCUT2D eigenvalue weighted by molar-refractivity contribution is 5.97. The Morgan fingerprint density at radius 2 is 1.93 bits per heavy atom. The number of aromatic nitrogens is 1. The van der Waals surface area contributed by atoms with Crippen molar-refractivity contribution in [3.8, 4) is 6.07 Å². The van der Waals surface area contributed by atoms with Crippen LogP contribution in [0, 0.1) is 18.3 Å². The average Bonchev–Trinajstić information content (AvgIpc) is 3.44. The van der Waals surface area contributed by atoms with Gasteiger partial charge in [-0.05, 0) is 63.4 Å². The Morgan fingerprint density at radius 1 is 1.14 bits per heavy atom. The zero-order chi connectivity index (χ0) is 29.5. The molecular formula is C34H40N6O2. The lowest BCUT2D eigenvalue weighted by atomic mass is 9.91. The third kappa shape index (κ3) is 4.71. The number of hydrogen-bond acceptors (Lipinski definition) is 7. The first-order valence-electron chi connectivity index (χ1n) is 15.0. The summed E-state index contributed by atoms with van der Waals surface area (Å²) in [5.74, 6) is -0.0523. The summed E-state index contributed by atoms with van der Waals surface area (Å²) >= 11 is 0. The van der Waals surface area contributed by atoms with Crippen molar-refractivity contribution in [3.05, 3.63) is 77.1 Å². The smallest absolute Gasteiger partial charge is 0.246 e. The van der Waals surface area contributed by atoms with E-state index in [4.69, 9.17) is 9.72 Å². The van der Waals surface area contributed by atoms with E-state index in [2.05, 4.69) is 84.6 Å². The predicted octanol–water partition coefficient (Wildman–Crippen LogP) is 5.11. The van der Waals surface area contributed by atoms with E-state index in [-0.39, 0.29) is 24.1 Å². The number of likely N-dealkylation sites (tertiary alicyclic amines) is 1. The minimum absolute atomic E-state index is 0.0167. The molecule has 2 fully saturated rings. The van der Waals surface area contributed by atoms with Gasteiger partial charge >= 0.3 is 0 Å². The molecule has 0 radical (unpaired) electrons. The third-order valence-electron chi connectivity index (χ3n) is 9.43. The Kier molecular flexibility index (Phi) is 7.65. The molecule has 42 heavy (non-hydrogen) atoms. The molecule has 0 spiro atoms. The molecule has 0 saturated carbocycles. The number of piperazine rings is 1. The molecule has 218 valence electrons. The van der Waals surface area contributed by atoms with Gasteiger partial charge in [-0.2, -0.15) is 5.26 Å². The largest absolute Gasteiger partial charge is 0.375 e. The third-order valence-corrected chi connectivity index (χ3v) is 9.43. The zero-order valence-corrected chi connectivity index (χ0v) is 25.1. The van der Waals surface area contributed by atoms with Crippen LogP contribution in [0.5, 0.6) is 0 Å². The van der Waals surface area contributed by atoms with Gasteiger partial charge in [-0.25, -0.2) is 0 Å². The summed E-state index contributed by atoms with van der Waals surface area (Å²) < 4.78 is 6.23. The highest BCUT2D eigenvalue weighted by Crippen LogP contribution is 2.45. The zero-order valence-electron chi connectivity index (χ0n) is 25.1. The van der Waals surface area contributed by atoms with Gasteiger partial charge in [0, 0.05) is 56.0 Å². The monoisotopic (exact) mass is 564 g/mol. The number of aryl methyl sites for hydroxylation is 1. The maximum atomic E-state index is 12.5. The molecule has 8 heteroatoms. The van der Waals surface area contributed by atoms with Crippen molar-refractivity contribution in [3.63, 3.8) is 0 Å². The molecule has 1 aromatic heterocycles. The van der Waals surface area contributed by atoms with Gasteiger partial charge in [-0.15, -0.1) is 0 Å². The van der Waals surface area contributed by atoms with Crippen LogP contribution in [0.4, 0.5) is 11.4 Å². The van der Waals surface area contributed by atoms with Crippen molar-refractivity contribution in [1.29, 1.82) is 5.26 Å². The summed E-state index contributed by atoms with van der Waals surface area (Å²) in [5.41, 5.74) is 6.87.